The van der Waals surface area contributed by atoms with Gasteiger partial charge in [0.2, 0.25) is 0 Å². The fourth-order valence-corrected chi connectivity index (χ4v) is 2.15. The molecule has 102 valence electrons. The van der Waals surface area contributed by atoms with Crippen LogP contribution in [0.1, 0.15) is 37.7 Å². The van der Waals surface area contributed by atoms with E-state index >= 15 is 0 Å². The van der Waals surface area contributed by atoms with E-state index in [0.717, 1.165) is 19.3 Å². The smallest absolute Gasteiger partial charge is 0.163 e. The van der Waals surface area contributed by atoms with Crippen molar-refractivity contribution in [3.63, 3.8) is 0 Å². The molecule has 0 spiro atoms. The number of methoxy groups -OCH3 is 1. The number of hydrogen-bond acceptors (Lipinski definition) is 2. The molecule has 0 heterocycles. The van der Waals surface area contributed by atoms with E-state index in [9.17, 15) is 0 Å². The SMILES string of the molecule is C=CCC/C=C(/CC(=S)OC)C(C)c1ccccc1. The summed E-state index contributed by atoms with van der Waals surface area (Å²) in [6.45, 7) is 5.97. The van der Waals surface area contributed by atoms with Crippen molar-refractivity contribution in [1.29, 1.82) is 0 Å². The molecule has 0 radical (unpaired) electrons. The normalized spacial score (nSPS) is 12.8. The van der Waals surface area contributed by atoms with Gasteiger partial charge in [0.15, 0.2) is 5.05 Å². The molecule has 0 saturated carbocycles. The molecule has 0 fully saturated rings. The molecule has 0 bridgehead atoms. The van der Waals surface area contributed by atoms with E-state index in [4.69, 9.17) is 17.0 Å². The number of unbranched alkanes of at least 4 members (excludes halogenated alkanes) is 1. The Labute approximate surface area is 122 Å². The van der Waals surface area contributed by atoms with Gasteiger partial charge in [0.05, 0.1) is 7.11 Å². The molecule has 1 rings (SSSR count). The molecular formula is C17H22OS. The Kier molecular flexibility index (Phi) is 7.12. The van der Waals surface area contributed by atoms with E-state index in [1.54, 1.807) is 7.11 Å². The van der Waals surface area contributed by atoms with Crippen molar-refractivity contribution in [2.24, 2.45) is 0 Å². The molecule has 1 unspecified atom stereocenters. The van der Waals surface area contributed by atoms with Crippen molar-refractivity contribution < 1.29 is 4.74 Å². The Balaban J connectivity index is 2.85. The summed E-state index contributed by atoms with van der Waals surface area (Å²) < 4.78 is 5.14. The lowest BCUT2D eigenvalue weighted by Crippen LogP contribution is -2.05. The minimum atomic E-state index is 0.360. The maximum Gasteiger partial charge on any atom is 0.163 e. The molecule has 0 N–H and O–H groups in total. The number of allylic oxidation sites excluding steroid dienone is 2. The zero-order valence-corrected chi connectivity index (χ0v) is 12.6. The lowest BCUT2D eigenvalue weighted by atomic mass is 9.90. The second-order valence-electron chi connectivity index (χ2n) is 4.53. The van der Waals surface area contributed by atoms with Crippen molar-refractivity contribution in [2.75, 3.05) is 7.11 Å². The first-order valence-corrected chi connectivity index (χ1v) is 7.01. The number of hydrogen-bond donors (Lipinski definition) is 0. The molecule has 1 aromatic rings. The van der Waals surface area contributed by atoms with E-state index in [-0.39, 0.29) is 0 Å². The first kappa shape index (κ1) is 15.6. The average molecular weight is 274 g/mol. The van der Waals surface area contributed by atoms with Crippen LogP contribution < -0.4 is 0 Å². The van der Waals surface area contributed by atoms with Gasteiger partial charge in [-0.3, -0.25) is 0 Å². The molecule has 19 heavy (non-hydrogen) atoms. The molecule has 0 aliphatic carbocycles. The molecule has 2 heteroatoms. The van der Waals surface area contributed by atoms with Gasteiger partial charge in [-0.25, -0.2) is 0 Å². The van der Waals surface area contributed by atoms with Crippen LogP contribution in [0, 0.1) is 0 Å². The number of thiocarbonyl (C=S) groups is 1. The summed E-state index contributed by atoms with van der Waals surface area (Å²) in [5.41, 5.74) is 2.63. The Morgan fingerprint density at radius 1 is 1.32 bits per heavy atom. The van der Waals surface area contributed by atoms with Gasteiger partial charge in [-0.15, -0.1) is 6.58 Å². The number of benzene rings is 1. The quantitative estimate of drug-likeness (QED) is 0.391. The average Bonchev–Trinajstić information content (AvgIpc) is 2.46. The van der Waals surface area contributed by atoms with Crippen molar-refractivity contribution in [3.05, 3.63) is 60.2 Å². The molecule has 0 saturated heterocycles. The predicted octanol–water partition coefficient (Wildman–Crippen LogP) is 5.05. The maximum absolute atomic E-state index is 5.20. The zero-order chi connectivity index (χ0) is 14.1. The zero-order valence-electron chi connectivity index (χ0n) is 11.8. The minimum Gasteiger partial charge on any atom is -0.490 e. The maximum atomic E-state index is 5.20. The van der Waals surface area contributed by atoms with Gasteiger partial charge >= 0.3 is 0 Å². The number of ether oxygens (including phenoxy) is 1. The highest BCUT2D eigenvalue weighted by Crippen LogP contribution is 2.27. The molecule has 1 nitrogen and oxygen atoms in total. The summed E-state index contributed by atoms with van der Waals surface area (Å²) in [5, 5.41) is 0.646. The Bertz CT molecular complexity index is 434. The fourth-order valence-electron chi connectivity index (χ4n) is 1.98. The van der Waals surface area contributed by atoms with Crippen LogP contribution in [0.2, 0.25) is 0 Å². The molecule has 1 aromatic carbocycles. The molecular weight excluding hydrogens is 252 g/mol. The van der Waals surface area contributed by atoms with Crippen molar-refractivity contribution in [2.45, 2.75) is 32.1 Å². The second-order valence-corrected chi connectivity index (χ2v) is 4.99. The van der Waals surface area contributed by atoms with Gasteiger partial charge in [0, 0.05) is 12.3 Å². The molecule has 0 amide bonds. The first-order chi connectivity index (χ1) is 9.19. The highest BCUT2D eigenvalue weighted by atomic mass is 32.1. The third kappa shape index (κ3) is 5.39. The highest BCUT2D eigenvalue weighted by Gasteiger charge is 2.12. The summed E-state index contributed by atoms with van der Waals surface area (Å²) in [6.07, 6.45) is 6.92. The van der Waals surface area contributed by atoms with Crippen molar-refractivity contribution in [3.8, 4) is 0 Å². The summed E-state index contributed by atoms with van der Waals surface area (Å²) >= 11 is 5.20. The summed E-state index contributed by atoms with van der Waals surface area (Å²) in [7, 11) is 1.64. The van der Waals surface area contributed by atoms with E-state index in [1.165, 1.54) is 11.1 Å². The van der Waals surface area contributed by atoms with Gasteiger partial charge in [-0.2, -0.15) is 0 Å². The summed E-state index contributed by atoms with van der Waals surface area (Å²) in [6, 6.07) is 10.5. The van der Waals surface area contributed by atoms with Crippen molar-refractivity contribution in [1.82, 2.24) is 0 Å². The van der Waals surface area contributed by atoms with Gasteiger partial charge in [-0.05, 0) is 30.6 Å². The Morgan fingerprint density at radius 2 is 2.00 bits per heavy atom. The lowest BCUT2D eigenvalue weighted by Gasteiger charge is -2.17. The van der Waals surface area contributed by atoms with E-state index in [2.05, 4.69) is 43.8 Å². The van der Waals surface area contributed by atoms with Crippen LogP contribution in [-0.4, -0.2) is 12.2 Å². The van der Waals surface area contributed by atoms with Crippen LogP contribution in [0.25, 0.3) is 0 Å². The molecule has 1 atom stereocenters. The summed E-state index contributed by atoms with van der Waals surface area (Å²) in [4.78, 5) is 0. The van der Waals surface area contributed by atoms with Crippen LogP contribution in [0.3, 0.4) is 0 Å². The van der Waals surface area contributed by atoms with Crippen LogP contribution >= 0.6 is 12.2 Å². The Morgan fingerprint density at radius 3 is 2.58 bits per heavy atom. The monoisotopic (exact) mass is 274 g/mol. The molecule has 0 aliphatic heterocycles. The van der Waals surface area contributed by atoms with Crippen LogP contribution in [0.4, 0.5) is 0 Å². The van der Waals surface area contributed by atoms with Crippen molar-refractivity contribution >= 4 is 17.3 Å². The second kappa shape index (κ2) is 8.65. The van der Waals surface area contributed by atoms with E-state index in [0.29, 0.717) is 11.0 Å². The molecule has 0 aromatic heterocycles. The largest absolute Gasteiger partial charge is 0.490 e. The van der Waals surface area contributed by atoms with Gasteiger partial charge in [0.25, 0.3) is 0 Å². The van der Waals surface area contributed by atoms with Crippen LogP contribution in [0.5, 0.6) is 0 Å². The lowest BCUT2D eigenvalue weighted by molar-refractivity contribution is 0.405. The predicted molar refractivity (Wildman–Crippen MR) is 86.6 cm³/mol. The first-order valence-electron chi connectivity index (χ1n) is 6.60. The van der Waals surface area contributed by atoms with Crippen LogP contribution in [-0.2, 0) is 4.74 Å². The number of rotatable bonds is 7. The van der Waals surface area contributed by atoms with Gasteiger partial charge in [-0.1, -0.05) is 55.0 Å². The topological polar surface area (TPSA) is 9.23 Å². The van der Waals surface area contributed by atoms with E-state index < -0.39 is 0 Å². The minimum absolute atomic E-state index is 0.360. The fraction of sp³-hybridized carbons (Fsp3) is 0.353. The standard InChI is InChI=1S/C17H22OS/c1-4-5-7-12-16(13-17(19)18-3)14(2)15-10-8-6-9-11-15/h4,6,8-12,14H,1,5,7,13H2,2-3H3/b16-12-. The third-order valence-electron chi connectivity index (χ3n) is 3.21. The third-order valence-corrected chi connectivity index (χ3v) is 3.52. The summed E-state index contributed by atoms with van der Waals surface area (Å²) in [5.74, 6) is 0.360. The Hall–Kier alpha value is -1.41. The van der Waals surface area contributed by atoms with E-state index in [1.807, 2.05) is 12.1 Å². The van der Waals surface area contributed by atoms with Gasteiger partial charge < -0.3 is 4.74 Å². The van der Waals surface area contributed by atoms with Crippen LogP contribution in [0.15, 0.2) is 54.6 Å². The highest BCUT2D eigenvalue weighted by molar-refractivity contribution is 7.80. The van der Waals surface area contributed by atoms with Gasteiger partial charge in [0.1, 0.15) is 0 Å². The molecule has 0 aliphatic rings.